The second-order valence-electron chi connectivity index (χ2n) is 5.03. The summed E-state index contributed by atoms with van der Waals surface area (Å²) < 4.78 is 36.9. The van der Waals surface area contributed by atoms with Crippen molar-refractivity contribution in [1.29, 1.82) is 0 Å². The SMILES string of the molecule is COCCOCCOCCOCCOCCOCCOCC[Si](Cl)(Cl)Cl. The molecule has 0 aromatic rings. The lowest BCUT2D eigenvalue weighted by molar-refractivity contribution is -0.0186. The van der Waals surface area contributed by atoms with Crippen molar-refractivity contribution in [3.63, 3.8) is 0 Å². The van der Waals surface area contributed by atoms with E-state index in [0.29, 0.717) is 91.9 Å². The minimum atomic E-state index is -2.57. The van der Waals surface area contributed by atoms with Gasteiger partial charge >= 0.3 is 6.00 Å². The Morgan fingerprint density at radius 3 is 1.00 bits per heavy atom. The molecule has 0 bridgehead atoms. The van der Waals surface area contributed by atoms with Crippen molar-refractivity contribution in [2.24, 2.45) is 0 Å². The van der Waals surface area contributed by atoms with Gasteiger partial charge in [-0.2, -0.15) is 0 Å². The number of hydrogen-bond donors (Lipinski definition) is 0. The molecule has 0 fully saturated rings. The first-order valence-electron chi connectivity index (χ1n) is 8.58. The Balaban J connectivity index is 3.01. The van der Waals surface area contributed by atoms with Crippen molar-refractivity contribution in [2.45, 2.75) is 6.04 Å². The fraction of sp³-hybridized carbons (Fsp3) is 1.00. The number of hydrogen-bond acceptors (Lipinski definition) is 7. The van der Waals surface area contributed by atoms with Crippen LogP contribution in [-0.4, -0.2) is 99.0 Å². The standard InChI is InChI=1S/C15H31Cl3O7Si/c1-19-2-3-20-4-5-21-6-7-22-8-9-23-10-11-24-12-13-25-14-15-26(16,17)18/h2-15H2,1H3. The minimum absolute atomic E-state index is 0.449. The zero-order valence-electron chi connectivity index (χ0n) is 15.4. The number of rotatable bonds is 21. The van der Waals surface area contributed by atoms with E-state index in [1.807, 2.05) is 0 Å². The van der Waals surface area contributed by atoms with E-state index in [-0.39, 0.29) is 0 Å². The number of methoxy groups -OCH3 is 1. The van der Waals surface area contributed by atoms with Crippen molar-refractivity contribution < 1.29 is 33.2 Å². The predicted molar refractivity (Wildman–Crippen MR) is 105 cm³/mol. The molecule has 0 radical (unpaired) electrons. The molecule has 0 amide bonds. The summed E-state index contributed by atoms with van der Waals surface area (Å²) >= 11 is 17.2. The number of halogens is 3. The summed E-state index contributed by atoms with van der Waals surface area (Å²) in [6.07, 6.45) is 0. The third-order valence-electron chi connectivity index (χ3n) is 2.82. The number of ether oxygens (including phenoxy) is 7. The fourth-order valence-electron chi connectivity index (χ4n) is 1.53. The minimum Gasteiger partial charge on any atom is -0.382 e. The molecular formula is C15H31Cl3O7Si. The molecule has 7 nitrogen and oxygen atoms in total. The molecule has 0 aliphatic heterocycles. The molecule has 26 heavy (non-hydrogen) atoms. The Hall–Kier alpha value is 0.807. The van der Waals surface area contributed by atoms with E-state index in [9.17, 15) is 0 Å². The normalized spacial score (nSPS) is 12.0. The fourth-order valence-corrected chi connectivity index (χ4v) is 2.60. The summed E-state index contributed by atoms with van der Waals surface area (Å²) in [4.78, 5) is 0. The first-order valence-corrected chi connectivity index (χ1v) is 13.8. The van der Waals surface area contributed by atoms with Gasteiger partial charge in [-0.1, -0.05) is 0 Å². The average molecular weight is 458 g/mol. The Morgan fingerprint density at radius 2 is 0.731 bits per heavy atom. The summed E-state index contributed by atoms with van der Waals surface area (Å²) in [5.74, 6) is 0. The molecule has 0 aliphatic carbocycles. The quantitative estimate of drug-likeness (QED) is 0.149. The summed E-state index contributed by atoms with van der Waals surface area (Å²) in [6.45, 7) is 6.87. The Morgan fingerprint density at radius 1 is 0.462 bits per heavy atom. The zero-order chi connectivity index (χ0) is 19.3. The third-order valence-corrected chi connectivity index (χ3v) is 5.29. The van der Waals surface area contributed by atoms with Gasteiger partial charge in [0.15, 0.2) is 0 Å². The van der Waals surface area contributed by atoms with Gasteiger partial charge in [-0.3, -0.25) is 0 Å². The molecule has 0 saturated heterocycles. The lowest BCUT2D eigenvalue weighted by atomic mass is 10.7. The van der Waals surface area contributed by atoms with Crippen LogP contribution in [0.3, 0.4) is 0 Å². The van der Waals surface area contributed by atoms with Crippen LogP contribution in [0.2, 0.25) is 6.04 Å². The topological polar surface area (TPSA) is 64.6 Å². The first-order chi connectivity index (χ1) is 12.6. The maximum atomic E-state index is 5.74. The van der Waals surface area contributed by atoms with Gasteiger partial charge in [0.25, 0.3) is 0 Å². The molecule has 0 aliphatic rings. The van der Waals surface area contributed by atoms with Crippen LogP contribution in [-0.2, 0) is 33.2 Å². The lowest BCUT2D eigenvalue weighted by Gasteiger charge is -2.09. The van der Waals surface area contributed by atoms with Crippen LogP contribution in [0.15, 0.2) is 0 Å². The zero-order valence-corrected chi connectivity index (χ0v) is 18.7. The van der Waals surface area contributed by atoms with Crippen molar-refractivity contribution in [3.05, 3.63) is 0 Å². The lowest BCUT2D eigenvalue weighted by Crippen LogP contribution is -2.16. The highest BCUT2D eigenvalue weighted by atomic mass is 35.8. The third kappa shape index (κ3) is 24.8. The van der Waals surface area contributed by atoms with Crippen molar-refractivity contribution in [3.8, 4) is 0 Å². The van der Waals surface area contributed by atoms with Gasteiger partial charge in [0.1, 0.15) is 0 Å². The highest BCUT2D eigenvalue weighted by Gasteiger charge is 2.23. The second-order valence-corrected chi connectivity index (χ2v) is 14.3. The van der Waals surface area contributed by atoms with Crippen LogP contribution in [0, 0.1) is 0 Å². The molecule has 0 rings (SSSR count). The molecule has 0 spiro atoms. The molecule has 0 N–H and O–H groups in total. The predicted octanol–water partition coefficient (Wildman–Crippen LogP) is 2.39. The van der Waals surface area contributed by atoms with Gasteiger partial charge in [0.2, 0.25) is 0 Å². The van der Waals surface area contributed by atoms with Crippen molar-refractivity contribution in [1.82, 2.24) is 0 Å². The highest BCUT2D eigenvalue weighted by Crippen LogP contribution is 2.24. The van der Waals surface area contributed by atoms with Gasteiger partial charge in [0, 0.05) is 19.8 Å². The molecule has 158 valence electrons. The molecular weight excluding hydrogens is 427 g/mol. The van der Waals surface area contributed by atoms with E-state index >= 15 is 0 Å². The highest BCUT2D eigenvalue weighted by molar-refractivity contribution is 7.64. The molecule has 0 saturated carbocycles. The molecule has 0 aromatic heterocycles. The van der Waals surface area contributed by atoms with Crippen molar-refractivity contribution >= 4 is 39.2 Å². The van der Waals surface area contributed by atoms with Gasteiger partial charge < -0.3 is 33.2 Å². The summed E-state index contributed by atoms with van der Waals surface area (Å²) in [7, 11) is 1.64. The van der Waals surface area contributed by atoms with Crippen molar-refractivity contribution in [2.75, 3.05) is 93.0 Å². The van der Waals surface area contributed by atoms with Gasteiger partial charge in [0.05, 0.1) is 79.3 Å². The first kappa shape index (κ1) is 26.8. The van der Waals surface area contributed by atoms with E-state index < -0.39 is 6.00 Å². The van der Waals surface area contributed by atoms with Gasteiger partial charge in [-0.05, 0) is 0 Å². The molecule has 11 heteroatoms. The van der Waals surface area contributed by atoms with Gasteiger partial charge in [-0.25, -0.2) is 0 Å². The van der Waals surface area contributed by atoms with Crippen LogP contribution in [0.5, 0.6) is 0 Å². The Labute approximate surface area is 171 Å². The maximum absolute atomic E-state index is 5.74. The van der Waals surface area contributed by atoms with E-state index in [1.54, 1.807) is 7.11 Å². The van der Waals surface area contributed by atoms with Crippen LogP contribution in [0.4, 0.5) is 0 Å². The monoisotopic (exact) mass is 456 g/mol. The second kappa shape index (κ2) is 20.5. The molecule has 0 unspecified atom stereocenters. The van der Waals surface area contributed by atoms with Crippen LogP contribution in [0.25, 0.3) is 0 Å². The van der Waals surface area contributed by atoms with Crippen LogP contribution in [0.1, 0.15) is 0 Å². The van der Waals surface area contributed by atoms with Crippen LogP contribution >= 0.6 is 33.2 Å². The summed E-state index contributed by atoms with van der Waals surface area (Å²) in [5, 5.41) is 0. The smallest absolute Gasteiger partial charge is 0.343 e. The van der Waals surface area contributed by atoms with E-state index in [2.05, 4.69) is 0 Å². The summed E-state index contributed by atoms with van der Waals surface area (Å²) in [5.41, 5.74) is 0. The largest absolute Gasteiger partial charge is 0.382 e. The molecule has 0 atom stereocenters. The maximum Gasteiger partial charge on any atom is 0.343 e. The van der Waals surface area contributed by atoms with E-state index in [0.717, 1.165) is 0 Å². The van der Waals surface area contributed by atoms with Gasteiger partial charge in [-0.15, -0.1) is 33.2 Å². The Bertz CT molecular complexity index is 286. The van der Waals surface area contributed by atoms with E-state index in [1.165, 1.54) is 0 Å². The van der Waals surface area contributed by atoms with E-state index in [4.69, 9.17) is 66.4 Å². The molecule has 0 heterocycles. The van der Waals surface area contributed by atoms with Crippen LogP contribution < -0.4 is 0 Å². The Kier molecular flexibility index (Phi) is 21.2. The average Bonchev–Trinajstić information content (AvgIpc) is 2.59. The molecule has 0 aromatic carbocycles. The summed E-state index contributed by atoms with van der Waals surface area (Å²) in [6, 6.07) is -2.08.